The molecule has 1 atom stereocenters. The summed E-state index contributed by atoms with van der Waals surface area (Å²) in [7, 11) is 0. The summed E-state index contributed by atoms with van der Waals surface area (Å²) in [4.78, 5) is 8.67. The van der Waals surface area contributed by atoms with E-state index in [-0.39, 0.29) is 5.92 Å². The third kappa shape index (κ3) is 8.42. The van der Waals surface area contributed by atoms with Crippen LogP contribution in [0.15, 0.2) is 52.8 Å². The summed E-state index contributed by atoms with van der Waals surface area (Å²) in [6.45, 7) is 17.9. The maximum Gasteiger partial charge on any atom is 0.106 e. The average Bonchev–Trinajstić information content (AvgIpc) is 2.90. The number of rotatable bonds is 14. The van der Waals surface area contributed by atoms with Crippen LogP contribution in [-0.4, -0.2) is 62.2 Å². The standard InChI is InChI=1S/C29H40N6S/c1-5-28(23-31)36-26(4)29(24-32,25(2)3)13-9-15-33-17-19-34(20-18-33)21-22-35(16-10-14-30)27-11-7-6-8-12-27/h5-8,11-12,25H,4,9-10,13,15-22H2,1-3H3/b28-5-. The lowest BCUT2D eigenvalue weighted by Gasteiger charge is -2.37. The van der Waals surface area contributed by atoms with Gasteiger partial charge in [0.05, 0.1) is 28.9 Å². The highest BCUT2D eigenvalue weighted by Gasteiger charge is 2.37. The van der Waals surface area contributed by atoms with Crippen LogP contribution in [-0.2, 0) is 0 Å². The van der Waals surface area contributed by atoms with Gasteiger partial charge < -0.3 is 9.80 Å². The van der Waals surface area contributed by atoms with Crippen LogP contribution >= 0.6 is 11.8 Å². The molecule has 36 heavy (non-hydrogen) atoms. The Labute approximate surface area is 222 Å². The van der Waals surface area contributed by atoms with E-state index in [0.717, 1.165) is 70.1 Å². The molecule has 1 aromatic rings. The highest BCUT2D eigenvalue weighted by atomic mass is 32.2. The van der Waals surface area contributed by atoms with Crippen molar-refractivity contribution < 1.29 is 0 Å². The SMILES string of the molecule is C=C(S/C(C#N)=C\C)C(C#N)(CCCN1CCN(CCN(CCC#N)c2ccccc2)CC1)C(C)C. The second-order valence-electron chi connectivity index (χ2n) is 9.55. The van der Waals surface area contributed by atoms with Crippen LogP contribution in [0.25, 0.3) is 0 Å². The number of thioether (sulfide) groups is 1. The van der Waals surface area contributed by atoms with Crippen LogP contribution in [0.4, 0.5) is 5.69 Å². The van der Waals surface area contributed by atoms with Gasteiger partial charge in [0.15, 0.2) is 0 Å². The van der Waals surface area contributed by atoms with Crippen molar-refractivity contribution in [1.29, 1.82) is 15.8 Å². The largest absolute Gasteiger partial charge is 0.369 e. The molecular weight excluding hydrogens is 464 g/mol. The van der Waals surface area contributed by atoms with Gasteiger partial charge in [-0.3, -0.25) is 4.90 Å². The maximum absolute atomic E-state index is 10.1. The molecule has 7 heteroatoms. The van der Waals surface area contributed by atoms with Gasteiger partial charge in [-0.25, -0.2) is 0 Å². The van der Waals surface area contributed by atoms with Crippen LogP contribution in [0.5, 0.6) is 0 Å². The van der Waals surface area contributed by atoms with Gasteiger partial charge in [-0.1, -0.05) is 56.5 Å². The number of piperazine rings is 1. The van der Waals surface area contributed by atoms with Crippen molar-refractivity contribution >= 4 is 17.4 Å². The van der Waals surface area contributed by atoms with Gasteiger partial charge in [-0.05, 0) is 44.4 Å². The summed E-state index contributed by atoms with van der Waals surface area (Å²) in [5, 5.41) is 28.4. The Bertz CT molecular complexity index is 976. The molecule has 0 bridgehead atoms. The molecule has 0 radical (unpaired) electrons. The van der Waals surface area contributed by atoms with Crippen molar-refractivity contribution in [3.8, 4) is 18.2 Å². The lowest BCUT2D eigenvalue weighted by atomic mass is 9.74. The lowest BCUT2D eigenvalue weighted by Crippen LogP contribution is -2.48. The lowest BCUT2D eigenvalue weighted by molar-refractivity contribution is 0.129. The van der Waals surface area contributed by atoms with Crippen LogP contribution < -0.4 is 4.90 Å². The predicted molar refractivity (Wildman–Crippen MR) is 150 cm³/mol. The Morgan fingerprint density at radius 3 is 2.25 bits per heavy atom. The summed E-state index contributed by atoms with van der Waals surface area (Å²) >= 11 is 1.34. The summed E-state index contributed by atoms with van der Waals surface area (Å²) < 4.78 is 0. The van der Waals surface area contributed by atoms with Crippen molar-refractivity contribution in [3.63, 3.8) is 0 Å². The van der Waals surface area contributed by atoms with Crippen molar-refractivity contribution in [3.05, 3.63) is 52.8 Å². The van der Waals surface area contributed by atoms with Gasteiger partial charge in [0.1, 0.15) is 6.07 Å². The predicted octanol–water partition coefficient (Wildman–Crippen LogP) is 5.64. The maximum atomic E-state index is 10.1. The van der Waals surface area contributed by atoms with Crippen molar-refractivity contribution in [1.82, 2.24) is 9.80 Å². The van der Waals surface area contributed by atoms with Crippen LogP contribution in [0.2, 0.25) is 0 Å². The van der Waals surface area contributed by atoms with Gasteiger partial charge in [0.2, 0.25) is 0 Å². The number of hydrogen-bond acceptors (Lipinski definition) is 7. The first-order valence-corrected chi connectivity index (χ1v) is 13.7. The number of allylic oxidation sites excluding steroid dienone is 3. The molecule has 0 aromatic heterocycles. The van der Waals surface area contributed by atoms with E-state index < -0.39 is 5.41 Å². The first-order chi connectivity index (χ1) is 17.4. The van der Waals surface area contributed by atoms with E-state index in [2.05, 4.69) is 65.5 Å². The van der Waals surface area contributed by atoms with E-state index in [1.165, 1.54) is 17.4 Å². The second-order valence-corrected chi connectivity index (χ2v) is 10.7. The third-order valence-corrected chi connectivity index (χ3v) is 8.26. The fourth-order valence-electron chi connectivity index (χ4n) is 4.64. The smallest absolute Gasteiger partial charge is 0.106 e. The summed E-state index contributed by atoms with van der Waals surface area (Å²) in [6, 6.07) is 17.4. The molecule has 1 unspecified atom stereocenters. The quantitative estimate of drug-likeness (QED) is 0.303. The highest BCUT2D eigenvalue weighted by Crippen LogP contribution is 2.46. The molecule has 2 rings (SSSR count). The Balaban J connectivity index is 1.83. The monoisotopic (exact) mass is 504 g/mol. The molecule has 1 aliphatic heterocycles. The van der Waals surface area contributed by atoms with E-state index in [9.17, 15) is 10.5 Å². The van der Waals surface area contributed by atoms with Gasteiger partial charge >= 0.3 is 0 Å². The number of nitriles is 3. The zero-order valence-electron chi connectivity index (χ0n) is 22.1. The van der Waals surface area contributed by atoms with Crippen LogP contribution in [0, 0.1) is 45.3 Å². The van der Waals surface area contributed by atoms with Crippen LogP contribution in [0.1, 0.15) is 40.0 Å². The molecule has 1 aromatic carbocycles. The fourth-order valence-corrected chi connectivity index (χ4v) is 5.64. The van der Waals surface area contributed by atoms with E-state index in [1.54, 1.807) is 6.08 Å². The fraction of sp³-hybridized carbons (Fsp3) is 0.552. The molecule has 192 valence electrons. The third-order valence-electron chi connectivity index (χ3n) is 7.10. The average molecular weight is 505 g/mol. The van der Waals surface area contributed by atoms with Crippen molar-refractivity contribution in [2.75, 3.05) is 57.3 Å². The molecule has 6 nitrogen and oxygen atoms in total. The molecular formula is C29H40N6S. The number of benzene rings is 1. The minimum atomic E-state index is -0.637. The first kappa shape index (κ1) is 29.5. The highest BCUT2D eigenvalue weighted by molar-refractivity contribution is 8.07. The van der Waals surface area contributed by atoms with E-state index >= 15 is 0 Å². The van der Waals surface area contributed by atoms with E-state index in [4.69, 9.17) is 5.26 Å². The van der Waals surface area contributed by atoms with Gasteiger partial charge in [-0.15, -0.1) is 0 Å². The molecule has 0 amide bonds. The first-order valence-electron chi connectivity index (χ1n) is 12.9. The normalized spacial score (nSPS) is 16.5. The van der Waals surface area contributed by atoms with E-state index in [0.29, 0.717) is 11.3 Å². The number of hydrogen-bond donors (Lipinski definition) is 0. The molecule has 1 aliphatic rings. The Morgan fingerprint density at radius 1 is 1.08 bits per heavy atom. The number of anilines is 1. The minimum absolute atomic E-state index is 0.129. The van der Waals surface area contributed by atoms with Crippen molar-refractivity contribution in [2.45, 2.75) is 40.0 Å². The van der Waals surface area contributed by atoms with Gasteiger partial charge in [0, 0.05) is 56.4 Å². The Hall–Kier alpha value is -2.76. The zero-order valence-corrected chi connectivity index (χ0v) is 22.9. The van der Waals surface area contributed by atoms with Gasteiger partial charge in [-0.2, -0.15) is 15.8 Å². The molecule has 1 heterocycles. The molecule has 1 saturated heterocycles. The molecule has 0 saturated carbocycles. The zero-order chi connectivity index (χ0) is 26.4. The molecule has 0 aliphatic carbocycles. The molecule has 0 N–H and O–H groups in total. The Morgan fingerprint density at radius 2 is 1.72 bits per heavy atom. The van der Waals surface area contributed by atoms with Crippen LogP contribution in [0.3, 0.4) is 0 Å². The summed E-state index contributed by atoms with van der Waals surface area (Å²) in [5.41, 5.74) is 0.538. The number of nitrogens with zero attached hydrogens (tertiary/aromatic N) is 6. The summed E-state index contributed by atoms with van der Waals surface area (Å²) in [6.07, 6.45) is 3.99. The molecule has 0 spiro atoms. The van der Waals surface area contributed by atoms with Crippen molar-refractivity contribution in [2.24, 2.45) is 11.3 Å². The van der Waals surface area contributed by atoms with Gasteiger partial charge in [0.25, 0.3) is 0 Å². The topological polar surface area (TPSA) is 81.1 Å². The Kier molecular flexibility index (Phi) is 12.6. The molecule has 1 fully saturated rings. The number of para-hydroxylation sites is 1. The minimum Gasteiger partial charge on any atom is -0.369 e. The summed E-state index contributed by atoms with van der Waals surface area (Å²) in [5.74, 6) is 0.129. The van der Waals surface area contributed by atoms with E-state index in [1.807, 2.05) is 25.1 Å². The second kappa shape index (κ2) is 15.4.